The van der Waals surface area contributed by atoms with E-state index in [4.69, 9.17) is 10.5 Å². The van der Waals surface area contributed by atoms with Crippen LogP contribution in [0.15, 0.2) is 48.7 Å². The maximum absolute atomic E-state index is 11.7. The molecule has 8 heteroatoms. The summed E-state index contributed by atoms with van der Waals surface area (Å²) >= 11 is 0. The van der Waals surface area contributed by atoms with Crippen molar-refractivity contribution in [3.8, 4) is 17.6 Å². The quantitative estimate of drug-likeness (QED) is 0.477. The molecule has 0 saturated carbocycles. The zero-order chi connectivity index (χ0) is 25.4. The first-order chi connectivity index (χ1) is 18.1. The number of aliphatic hydroxyl groups is 1. The standard InChI is InChI=1S/C29H29N5O3/c30-26-23-6-2-1-4-19(23)15-29(26)9-11-34(12-10-29)27-25(18-35)33-21(17-31-27)5-3-13-37-22-7-8-24-20(14-22)16-32-28(24)36/h1-2,4,6-8,14,17,26,35H,9-13,15-16,18,30H2,(H,32,36)/t26-/m1/s1. The molecule has 1 amide bonds. The van der Waals surface area contributed by atoms with Crippen LogP contribution in [0.1, 0.15) is 57.3 Å². The Hall–Kier alpha value is -3.93. The van der Waals surface area contributed by atoms with E-state index >= 15 is 0 Å². The number of hydrogen-bond acceptors (Lipinski definition) is 7. The molecule has 2 aromatic carbocycles. The number of anilines is 1. The van der Waals surface area contributed by atoms with Gasteiger partial charge in [-0.1, -0.05) is 30.2 Å². The molecule has 1 atom stereocenters. The van der Waals surface area contributed by atoms with Crippen LogP contribution in [0.3, 0.4) is 0 Å². The van der Waals surface area contributed by atoms with Gasteiger partial charge in [-0.3, -0.25) is 4.79 Å². The van der Waals surface area contributed by atoms with Gasteiger partial charge in [0.25, 0.3) is 5.91 Å². The van der Waals surface area contributed by atoms with Gasteiger partial charge in [-0.15, -0.1) is 0 Å². The van der Waals surface area contributed by atoms with Gasteiger partial charge in [-0.25, -0.2) is 9.97 Å². The third-order valence-electron chi connectivity index (χ3n) is 7.91. The lowest BCUT2D eigenvalue weighted by Gasteiger charge is -2.42. The predicted molar refractivity (Wildman–Crippen MR) is 139 cm³/mol. The van der Waals surface area contributed by atoms with Gasteiger partial charge in [0.05, 0.1) is 12.8 Å². The molecule has 37 heavy (non-hydrogen) atoms. The normalized spacial score (nSPS) is 19.1. The summed E-state index contributed by atoms with van der Waals surface area (Å²) in [6.07, 6.45) is 4.62. The van der Waals surface area contributed by atoms with Gasteiger partial charge in [-0.05, 0) is 65.5 Å². The van der Waals surface area contributed by atoms with Gasteiger partial charge < -0.3 is 25.8 Å². The molecule has 0 bridgehead atoms. The van der Waals surface area contributed by atoms with E-state index in [0.29, 0.717) is 35.1 Å². The molecular weight excluding hydrogens is 466 g/mol. The van der Waals surface area contributed by atoms with Crippen molar-refractivity contribution < 1.29 is 14.6 Å². The summed E-state index contributed by atoms with van der Waals surface area (Å²) in [7, 11) is 0. The smallest absolute Gasteiger partial charge is 0.251 e. The Bertz CT molecular complexity index is 1420. The summed E-state index contributed by atoms with van der Waals surface area (Å²) in [6, 6.07) is 14.0. The largest absolute Gasteiger partial charge is 0.481 e. The predicted octanol–water partition coefficient (Wildman–Crippen LogP) is 2.49. The summed E-state index contributed by atoms with van der Waals surface area (Å²) in [6.45, 7) is 2.13. The van der Waals surface area contributed by atoms with Crippen LogP contribution in [-0.4, -0.2) is 40.7 Å². The average Bonchev–Trinajstić information content (AvgIpc) is 3.43. The van der Waals surface area contributed by atoms with Crippen molar-refractivity contribution in [2.45, 2.75) is 38.5 Å². The van der Waals surface area contributed by atoms with Crippen molar-refractivity contribution in [1.29, 1.82) is 0 Å². The monoisotopic (exact) mass is 495 g/mol. The van der Waals surface area contributed by atoms with Crippen molar-refractivity contribution in [1.82, 2.24) is 15.3 Å². The second-order valence-corrected chi connectivity index (χ2v) is 9.98. The fourth-order valence-corrected chi connectivity index (χ4v) is 5.87. The van der Waals surface area contributed by atoms with Gasteiger partial charge in [0.2, 0.25) is 0 Å². The van der Waals surface area contributed by atoms with E-state index in [2.05, 4.69) is 56.3 Å². The van der Waals surface area contributed by atoms with Crippen molar-refractivity contribution in [2.24, 2.45) is 11.1 Å². The van der Waals surface area contributed by atoms with E-state index in [0.717, 1.165) is 37.9 Å². The zero-order valence-electron chi connectivity index (χ0n) is 20.5. The topological polar surface area (TPSA) is 114 Å². The fraction of sp³-hybridized carbons (Fsp3) is 0.345. The number of nitrogens with zero attached hydrogens (tertiary/aromatic N) is 3. The lowest BCUT2D eigenvalue weighted by molar-refractivity contribution is 0.0965. The van der Waals surface area contributed by atoms with Crippen LogP contribution in [-0.2, 0) is 19.6 Å². The van der Waals surface area contributed by atoms with E-state index in [1.54, 1.807) is 18.3 Å². The summed E-state index contributed by atoms with van der Waals surface area (Å²) < 4.78 is 5.71. The first kappa shape index (κ1) is 23.5. The number of fused-ring (bicyclic) bond motifs is 2. The summed E-state index contributed by atoms with van der Waals surface area (Å²) in [5.74, 6) is 7.25. The number of hydrogen-bond donors (Lipinski definition) is 3. The number of ether oxygens (including phenoxy) is 1. The van der Waals surface area contributed by atoms with Crippen molar-refractivity contribution >= 4 is 11.7 Å². The molecule has 1 fully saturated rings. The van der Waals surface area contributed by atoms with E-state index in [9.17, 15) is 9.90 Å². The van der Waals surface area contributed by atoms with E-state index in [1.165, 1.54) is 11.1 Å². The van der Waals surface area contributed by atoms with Gasteiger partial charge in [0.1, 0.15) is 23.7 Å². The van der Waals surface area contributed by atoms with Gasteiger partial charge >= 0.3 is 0 Å². The number of aromatic nitrogens is 2. The number of nitrogens with one attached hydrogen (secondary N) is 1. The second-order valence-electron chi connectivity index (χ2n) is 9.98. The van der Waals surface area contributed by atoms with Crippen LogP contribution in [0.5, 0.6) is 5.75 Å². The SMILES string of the molecule is N[C@@H]1c2ccccc2CC12CCN(c1ncc(C#CCOc3ccc4c(c3)CNC4=O)nc1CO)CC2. The van der Waals surface area contributed by atoms with E-state index < -0.39 is 0 Å². The summed E-state index contributed by atoms with van der Waals surface area (Å²) in [4.78, 5) is 23.0. The zero-order valence-corrected chi connectivity index (χ0v) is 20.5. The molecular formula is C29H29N5O3. The molecule has 1 aromatic heterocycles. The van der Waals surface area contributed by atoms with Gasteiger partial charge in [0.15, 0.2) is 5.82 Å². The first-order valence-electron chi connectivity index (χ1n) is 12.6. The van der Waals surface area contributed by atoms with Crippen molar-refractivity contribution in [2.75, 3.05) is 24.6 Å². The Kier molecular flexibility index (Phi) is 6.03. The number of benzene rings is 2. The van der Waals surface area contributed by atoms with Crippen LogP contribution in [0.2, 0.25) is 0 Å². The summed E-state index contributed by atoms with van der Waals surface area (Å²) in [5.41, 5.74) is 12.1. The molecule has 6 rings (SSSR count). The third-order valence-corrected chi connectivity index (χ3v) is 7.91. The third kappa shape index (κ3) is 4.31. The molecule has 1 aliphatic carbocycles. The highest BCUT2D eigenvalue weighted by Gasteiger charge is 2.46. The second kappa shape index (κ2) is 9.51. The molecule has 0 radical (unpaired) electrons. The number of piperidine rings is 1. The van der Waals surface area contributed by atoms with E-state index in [1.807, 2.05) is 6.07 Å². The van der Waals surface area contributed by atoms with Crippen molar-refractivity contribution in [3.63, 3.8) is 0 Å². The Morgan fingerprint density at radius 1 is 1.19 bits per heavy atom. The highest BCUT2D eigenvalue weighted by atomic mass is 16.5. The highest BCUT2D eigenvalue weighted by molar-refractivity contribution is 5.98. The number of nitrogens with two attached hydrogens (primary N) is 1. The lowest BCUT2D eigenvalue weighted by Crippen LogP contribution is -2.45. The molecule has 3 aliphatic rings. The Labute approximate surface area is 215 Å². The van der Waals surface area contributed by atoms with Crippen LogP contribution >= 0.6 is 0 Å². The van der Waals surface area contributed by atoms with Gasteiger partial charge in [0, 0.05) is 31.2 Å². The average molecular weight is 496 g/mol. The molecule has 188 valence electrons. The van der Waals surface area contributed by atoms with Crippen LogP contribution in [0.4, 0.5) is 5.82 Å². The van der Waals surface area contributed by atoms with Gasteiger partial charge in [-0.2, -0.15) is 0 Å². The molecule has 8 nitrogen and oxygen atoms in total. The molecule has 1 spiro atoms. The molecule has 3 heterocycles. The van der Waals surface area contributed by atoms with Crippen LogP contribution in [0, 0.1) is 17.3 Å². The number of carbonyl (C=O) groups excluding carboxylic acids is 1. The van der Waals surface area contributed by atoms with Crippen LogP contribution < -0.4 is 20.7 Å². The fourth-order valence-electron chi connectivity index (χ4n) is 5.87. The summed E-state index contributed by atoms with van der Waals surface area (Å²) in [5, 5.41) is 12.8. The Morgan fingerprint density at radius 2 is 2.03 bits per heavy atom. The lowest BCUT2D eigenvalue weighted by atomic mass is 9.73. The Morgan fingerprint density at radius 3 is 2.84 bits per heavy atom. The highest BCUT2D eigenvalue weighted by Crippen LogP contribution is 2.51. The minimum Gasteiger partial charge on any atom is -0.481 e. The minimum atomic E-state index is -0.206. The first-order valence-corrected chi connectivity index (χ1v) is 12.6. The maximum Gasteiger partial charge on any atom is 0.251 e. The molecule has 0 unspecified atom stereocenters. The number of amides is 1. The molecule has 3 aromatic rings. The molecule has 2 aliphatic heterocycles. The van der Waals surface area contributed by atoms with Crippen molar-refractivity contribution in [3.05, 3.63) is 82.3 Å². The minimum absolute atomic E-state index is 0.0557. The van der Waals surface area contributed by atoms with E-state index in [-0.39, 0.29) is 30.6 Å². The number of rotatable bonds is 4. The molecule has 4 N–H and O–H groups in total. The van der Waals surface area contributed by atoms with Crippen LogP contribution in [0.25, 0.3) is 0 Å². The number of carbonyl (C=O) groups is 1. The molecule has 1 saturated heterocycles. The maximum atomic E-state index is 11.7. The number of aliphatic hydroxyl groups excluding tert-OH is 1. The Balaban J connectivity index is 1.09.